The van der Waals surface area contributed by atoms with Crippen molar-refractivity contribution in [1.29, 1.82) is 0 Å². The zero-order chi connectivity index (χ0) is 17.1. The zero-order valence-corrected chi connectivity index (χ0v) is 13.2. The van der Waals surface area contributed by atoms with Crippen molar-refractivity contribution in [1.82, 2.24) is 5.16 Å². The van der Waals surface area contributed by atoms with Crippen LogP contribution in [0.5, 0.6) is 0 Å². The summed E-state index contributed by atoms with van der Waals surface area (Å²) in [5.74, 6) is -4.38. The molecule has 126 valence electrons. The lowest BCUT2D eigenvalue weighted by molar-refractivity contribution is -0.155. The molecule has 1 fully saturated rings. The fraction of sp³-hybridized carbons (Fsp3) is 0.571. The van der Waals surface area contributed by atoms with Gasteiger partial charge in [0.2, 0.25) is 10.9 Å². The van der Waals surface area contributed by atoms with Gasteiger partial charge in [-0.05, 0) is 31.6 Å². The van der Waals surface area contributed by atoms with E-state index in [-0.39, 0.29) is 23.3 Å². The van der Waals surface area contributed by atoms with Gasteiger partial charge in [0.05, 0.1) is 5.69 Å². The molecule has 8 nitrogen and oxygen atoms in total. The fourth-order valence-corrected chi connectivity index (χ4v) is 2.76. The third-order valence-corrected chi connectivity index (χ3v) is 4.26. The van der Waals surface area contributed by atoms with Crippen LogP contribution in [0.2, 0.25) is 0 Å². The quantitative estimate of drug-likeness (QED) is 0.285. The lowest BCUT2D eigenvalue weighted by atomic mass is 9.87. The van der Waals surface area contributed by atoms with Gasteiger partial charge < -0.3 is 19.9 Å². The maximum absolute atomic E-state index is 11.1. The maximum Gasteiger partial charge on any atom is 0.317 e. The monoisotopic (exact) mass is 344 g/mol. The molecule has 1 saturated carbocycles. The van der Waals surface area contributed by atoms with Crippen LogP contribution >= 0.6 is 11.6 Å². The van der Waals surface area contributed by atoms with E-state index in [0.29, 0.717) is 17.7 Å². The second-order valence-electron chi connectivity index (χ2n) is 5.55. The molecule has 0 bridgehead atoms. The van der Waals surface area contributed by atoms with Crippen LogP contribution in [0.25, 0.3) is 0 Å². The van der Waals surface area contributed by atoms with Crippen molar-refractivity contribution in [3.63, 3.8) is 0 Å². The number of halogens is 1. The molecule has 1 aromatic heterocycles. The predicted octanol–water partition coefficient (Wildman–Crippen LogP) is 2.60. The van der Waals surface area contributed by atoms with Gasteiger partial charge in [-0.2, -0.15) is 0 Å². The summed E-state index contributed by atoms with van der Waals surface area (Å²) in [4.78, 5) is 22.2. The minimum Gasteiger partial charge on any atom is -0.481 e. The number of carbonyl (C=O) groups is 2. The molecule has 1 heterocycles. The molecule has 23 heavy (non-hydrogen) atoms. The van der Waals surface area contributed by atoms with E-state index < -0.39 is 23.8 Å². The average Bonchev–Trinajstić information content (AvgIpc) is 3.26. The Kier molecular flexibility index (Phi) is 5.25. The molecule has 0 amide bonds. The van der Waals surface area contributed by atoms with Gasteiger partial charge in [0, 0.05) is 11.5 Å². The molecule has 1 aliphatic rings. The van der Waals surface area contributed by atoms with Gasteiger partial charge in [0.15, 0.2) is 5.92 Å². The highest BCUT2D eigenvalue weighted by molar-refractivity contribution is 6.69. The smallest absolute Gasteiger partial charge is 0.317 e. The molecule has 1 unspecified atom stereocenters. The Hall–Kier alpha value is -2.09. The van der Waals surface area contributed by atoms with Gasteiger partial charge in [0.1, 0.15) is 0 Å². The third kappa shape index (κ3) is 3.64. The van der Waals surface area contributed by atoms with Gasteiger partial charge >= 0.3 is 11.9 Å². The van der Waals surface area contributed by atoms with Crippen LogP contribution in [0.3, 0.4) is 0 Å². The number of hydrogen-bond acceptors (Lipinski definition) is 6. The number of carboxylic acids is 2. The summed E-state index contributed by atoms with van der Waals surface area (Å²) in [6, 6.07) is 0. The number of aliphatic carboxylic acids is 2. The number of rotatable bonds is 8. The second kappa shape index (κ2) is 6.99. The molecule has 0 aromatic carbocycles. The van der Waals surface area contributed by atoms with Crippen LogP contribution < -0.4 is 0 Å². The number of hydrogen-bond donors (Lipinski definition) is 3. The first kappa shape index (κ1) is 17.3. The van der Waals surface area contributed by atoms with Crippen LogP contribution in [0.15, 0.2) is 9.68 Å². The summed E-state index contributed by atoms with van der Waals surface area (Å²) in [5, 5.41) is 33.6. The lowest BCUT2D eigenvalue weighted by Crippen LogP contribution is -2.25. The van der Waals surface area contributed by atoms with E-state index in [1.165, 1.54) is 0 Å². The van der Waals surface area contributed by atoms with Crippen molar-refractivity contribution in [3.05, 3.63) is 17.0 Å². The summed E-state index contributed by atoms with van der Waals surface area (Å²) in [5.41, 5.74) is 1.19. The van der Waals surface area contributed by atoms with E-state index in [1.54, 1.807) is 0 Å². The normalized spacial score (nSPS) is 16.6. The van der Waals surface area contributed by atoms with Crippen LogP contribution in [0.1, 0.15) is 61.5 Å². The van der Waals surface area contributed by atoms with E-state index in [2.05, 4.69) is 10.3 Å². The van der Waals surface area contributed by atoms with Crippen molar-refractivity contribution < 1.29 is 29.5 Å². The number of nitrogens with zero attached hydrogens (tertiary/aromatic N) is 2. The SMILES string of the molecule is CCC(CC(C(=O)O)C(=O)O)c1noc(C(Cl)=NO)c1C1CC1. The molecule has 0 spiro atoms. The maximum atomic E-state index is 11.1. The van der Waals surface area contributed by atoms with E-state index in [1.807, 2.05) is 6.92 Å². The average molecular weight is 345 g/mol. The minimum atomic E-state index is -1.52. The highest BCUT2D eigenvalue weighted by Crippen LogP contribution is 2.46. The molecule has 1 aliphatic carbocycles. The van der Waals surface area contributed by atoms with Gasteiger partial charge in [0.25, 0.3) is 0 Å². The van der Waals surface area contributed by atoms with E-state index in [0.717, 1.165) is 12.8 Å². The van der Waals surface area contributed by atoms with Crippen molar-refractivity contribution in [2.45, 2.75) is 44.4 Å². The first-order chi connectivity index (χ1) is 10.9. The summed E-state index contributed by atoms with van der Waals surface area (Å²) in [6.45, 7) is 1.82. The Morgan fingerprint density at radius 2 is 2.00 bits per heavy atom. The highest BCUT2D eigenvalue weighted by atomic mass is 35.5. The summed E-state index contributed by atoms with van der Waals surface area (Å²) < 4.78 is 5.17. The minimum absolute atomic E-state index is 0.0965. The topological polar surface area (TPSA) is 133 Å². The number of oxime groups is 1. The van der Waals surface area contributed by atoms with E-state index in [9.17, 15) is 9.59 Å². The second-order valence-corrected chi connectivity index (χ2v) is 5.90. The zero-order valence-electron chi connectivity index (χ0n) is 12.4. The summed E-state index contributed by atoms with van der Waals surface area (Å²) in [6.07, 6.45) is 2.19. The molecular weight excluding hydrogens is 328 g/mol. The largest absolute Gasteiger partial charge is 0.481 e. The molecule has 3 N–H and O–H groups in total. The molecule has 0 aliphatic heterocycles. The Labute approximate surface area is 136 Å². The van der Waals surface area contributed by atoms with Gasteiger partial charge in [-0.25, -0.2) is 0 Å². The predicted molar refractivity (Wildman–Crippen MR) is 79.1 cm³/mol. The molecule has 0 saturated heterocycles. The van der Waals surface area contributed by atoms with Crippen molar-refractivity contribution in [2.75, 3.05) is 0 Å². The van der Waals surface area contributed by atoms with Crippen molar-refractivity contribution in [3.8, 4) is 0 Å². The van der Waals surface area contributed by atoms with E-state index in [4.69, 9.17) is 31.5 Å². The molecule has 2 rings (SSSR count). The lowest BCUT2D eigenvalue weighted by Gasteiger charge is -2.16. The van der Waals surface area contributed by atoms with Crippen molar-refractivity contribution in [2.24, 2.45) is 11.1 Å². The first-order valence-corrected chi connectivity index (χ1v) is 7.61. The molecular formula is C14H17ClN2O6. The van der Waals surface area contributed by atoms with Crippen LogP contribution in [-0.4, -0.2) is 37.7 Å². The van der Waals surface area contributed by atoms with Crippen LogP contribution in [-0.2, 0) is 9.59 Å². The van der Waals surface area contributed by atoms with Crippen LogP contribution in [0.4, 0.5) is 0 Å². The molecule has 1 aromatic rings. The van der Waals surface area contributed by atoms with Gasteiger partial charge in [-0.1, -0.05) is 28.8 Å². The fourth-order valence-electron chi connectivity index (χ4n) is 2.63. The Balaban J connectivity index is 2.36. The van der Waals surface area contributed by atoms with E-state index >= 15 is 0 Å². The Morgan fingerprint density at radius 1 is 1.39 bits per heavy atom. The summed E-state index contributed by atoms with van der Waals surface area (Å²) in [7, 11) is 0. The Morgan fingerprint density at radius 3 is 2.43 bits per heavy atom. The first-order valence-electron chi connectivity index (χ1n) is 7.23. The van der Waals surface area contributed by atoms with Gasteiger partial charge in [-0.3, -0.25) is 9.59 Å². The van der Waals surface area contributed by atoms with Crippen molar-refractivity contribution >= 4 is 28.7 Å². The van der Waals surface area contributed by atoms with Gasteiger partial charge in [-0.15, -0.1) is 0 Å². The third-order valence-electron chi connectivity index (χ3n) is 4.01. The standard InChI is InChI=1S/C14H17ClN2O6/c1-2-6(5-8(13(18)19)14(20)21)10-9(7-3-4-7)11(23-17-10)12(15)16-22/h6-8,22H,2-5H2,1H3,(H,18,19)(H,20,21). The Bertz CT molecular complexity index is 623. The summed E-state index contributed by atoms with van der Waals surface area (Å²) >= 11 is 5.81. The molecule has 9 heteroatoms. The number of aromatic nitrogens is 1. The highest BCUT2D eigenvalue weighted by Gasteiger charge is 2.38. The molecule has 0 radical (unpaired) electrons. The molecule has 1 atom stereocenters. The number of carboxylic acid groups (broad SMARTS) is 2. The van der Waals surface area contributed by atoms with Crippen LogP contribution in [0, 0.1) is 5.92 Å².